The molecule has 0 bridgehead atoms. The van der Waals surface area contributed by atoms with E-state index in [9.17, 15) is 4.79 Å². The second kappa shape index (κ2) is 7.79. The van der Waals surface area contributed by atoms with E-state index < -0.39 is 0 Å². The summed E-state index contributed by atoms with van der Waals surface area (Å²) < 4.78 is 5.71. The highest BCUT2D eigenvalue weighted by Crippen LogP contribution is 2.30. The Morgan fingerprint density at radius 3 is 2.72 bits per heavy atom. The molecule has 1 fully saturated rings. The smallest absolute Gasteiger partial charge is 0.227 e. The van der Waals surface area contributed by atoms with Crippen LogP contribution in [0.4, 0.5) is 0 Å². The fourth-order valence-electron chi connectivity index (χ4n) is 3.93. The number of benzene rings is 1. The number of amides is 1. The SMILES string of the molecule is Cc1cc2occ(CC(=O)N3CC(CN)CC3C)c2cc1C(C)C.Cl. The molecule has 0 aliphatic carbocycles. The average molecular weight is 365 g/mol. The van der Waals surface area contributed by atoms with Gasteiger partial charge in [0.1, 0.15) is 5.58 Å². The Hall–Kier alpha value is -1.52. The van der Waals surface area contributed by atoms with Crippen molar-refractivity contribution in [3.8, 4) is 0 Å². The molecule has 1 aromatic heterocycles. The molecule has 0 spiro atoms. The van der Waals surface area contributed by atoms with Gasteiger partial charge in [0.15, 0.2) is 0 Å². The van der Waals surface area contributed by atoms with Gasteiger partial charge in [0.05, 0.1) is 12.7 Å². The van der Waals surface area contributed by atoms with Crippen LogP contribution >= 0.6 is 12.4 Å². The molecule has 1 aliphatic rings. The van der Waals surface area contributed by atoms with E-state index >= 15 is 0 Å². The van der Waals surface area contributed by atoms with E-state index in [2.05, 4.69) is 39.8 Å². The topological polar surface area (TPSA) is 59.5 Å². The first-order chi connectivity index (χ1) is 11.4. The first-order valence-corrected chi connectivity index (χ1v) is 8.90. The van der Waals surface area contributed by atoms with Crippen LogP contribution in [0.15, 0.2) is 22.8 Å². The predicted molar refractivity (Wildman–Crippen MR) is 104 cm³/mol. The van der Waals surface area contributed by atoms with Crippen molar-refractivity contribution in [2.45, 2.75) is 52.5 Å². The minimum atomic E-state index is 0. The molecular formula is C20H29ClN2O2. The van der Waals surface area contributed by atoms with Crippen LogP contribution in [0, 0.1) is 12.8 Å². The normalized spacial score (nSPS) is 20.3. The number of carbonyl (C=O) groups is 1. The fraction of sp³-hybridized carbons (Fsp3) is 0.550. The van der Waals surface area contributed by atoms with Gasteiger partial charge in [0, 0.05) is 23.5 Å². The lowest BCUT2D eigenvalue weighted by Crippen LogP contribution is -2.35. The van der Waals surface area contributed by atoms with Crippen LogP contribution in [0.2, 0.25) is 0 Å². The van der Waals surface area contributed by atoms with E-state index in [0.29, 0.717) is 24.8 Å². The summed E-state index contributed by atoms with van der Waals surface area (Å²) in [6.45, 7) is 10.0. The molecule has 2 aromatic rings. The van der Waals surface area contributed by atoms with Gasteiger partial charge in [-0.25, -0.2) is 0 Å². The van der Waals surface area contributed by atoms with Crippen molar-refractivity contribution in [1.82, 2.24) is 4.90 Å². The maximum absolute atomic E-state index is 12.8. The summed E-state index contributed by atoms with van der Waals surface area (Å²) in [5.41, 5.74) is 10.2. The molecule has 4 nitrogen and oxygen atoms in total. The Balaban J connectivity index is 0.00000225. The molecule has 1 aliphatic heterocycles. The van der Waals surface area contributed by atoms with E-state index in [4.69, 9.17) is 10.2 Å². The molecule has 25 heavy (non-hydrogen) atoms. The zero-order chi connectivity index (χ0) is 17.4. The van der Waals surface area contributed by atoms with Crippen molar-refractivity contribution in [3.63, 3.8) is 0 Å². The van der Waals surface area contributed by atoms with Crippen LogP contribution in [-0.2, 0) is 11.2 Å². The molecule has 5 heteroatoms. The van der Waals surface area contributed by atoms with E-state index in [1.165, 1.54) is 11.1 Å². The van der Waals surface area contributed by atoms with Gasteiger partial charge in [0.2, 0.25) is 5.91 Å². The lowest BCUT2D eigenvalue weighted by molar-refractivity contribution is -0.131. The molecule has 138 valence electrons. The molecule has 1 amide bonds. The van der Waals surface area contributed by atoms with E-state index in [1.807, 2.05) is 4.90 Å². The molecule has 1 saturated heterocycles. The van der Waals surface area contributed by atoms with Crippen LogP contribution < -0.4 is 5.73 Å². The minimum absolute atomic E-state index is 0. The Kier molecular flexibility index (Phi) is 6.17. The fourth-order valence-corrected chi connectivity index (χ4v) is 3.93. The van der Waals surface area contributed by atoms with Gasteiger partial charge < -0.3 is 15.1 Å². The molecule has 0 saturated carbocycles. The Morgan fingerprint density at radius 2 is 2.12 bits per heavy atom. The quantitative estimate of drug-likeness (QED) is 0.891. The lowest BCUT2D eigenvalue weighted by Gasteiger charge is -2.21. The van der Waals surface area contributed by atoms with Crippen molar-refractivity contribution in [1.29, 1.82) is 0 Å². The van der Waals surface area contributed by atoms with Crippen LogP contribution in [0.1, 0.15) is 49.8 Å². The molecule has 2 heterocycles. The second-order valence-electron chi connectivity index (χ2n) is 7.53. The number of rotatable bonds is 4. The summed E-state index contributed by atoms with van der Waals surface area (Å²) in [5.74, 6) is 1.06. The predicted octanol–water partition coefficient (Wildman–Crippen LogP) is 4.02. The van der Waals surface area contributed by atoms with Gasteiger partial charge in [-0.05, 0) is 61.9 Å². The Bertz CT molecular complexity index is 753. The van der Waals surface area contributed by atoms with Crippen LogP contribution in [0.25, 0.3) is 11.0 Å². The summed E-state index contributed by atoms with van der Waals surface area (Å²) in [5, 5.41) is 1.07. The minimum Gasteiger partial charge on any atom is -0.464 e. The largest absolute Gasteiger partial charge is 0.464 e. The molecule has 2 N–H and O–H groups in total. The van der Waals surface area contributed by atoms with Gasteiger partial charge in [-0.1, -0.05) is 13.8 Å². The van der Waals surface area contributed by atoms with Crippen molar-refractivity contribution in [3.05, 3.63) is 35.1 Å². The third-order valence-electron chi connectivity index (χ3n) is 5.32. The summed E-state index contributed by atoms with van der Waals surface area (Å²) in [6.07, 6.45) is 3.15. The van der Waals surface area contributed by atoms with E-state index in [-0.39, 0.29) is 24.4 Å². The van der Waals surface area contributed by atoms with Gasteiger partial charge in [-0.2, -0.15) is 0 Å². The number of furan rings is 1. The number of fused-ring (bicyclic) bond motifs is 1. The number of carbonyl (C=O) groups excluding carboxylic acids is 1. The van der Waals surface area contributed by atoms with E-state index in [0.717, 1.165) is 29.5 Å². The van der Waals surface area contributed by atoms with Crippen molar-refractivity contribution in [2.75, 3.05) is 13.1 Å². The van der Waals surface area contributed by atoms with Gasteiger partial charge in [0.25, 0.3) is 0 Å². The monoisotopic (exact) mass is 364 g/mol. The maximum atomic E-state index is 12.8. The summed E-state index contributed by atoms with van der Waals surface area (Å²) in [7, 11) is 0. The van der Waals surface area contributed by atoms with Crippen molar-refractivity contribution >= 4 is 29.3 Å². The number of halogens is 1. The Labute approximate surface area is 156 Å². The van der Waals surface area contributed by atoms with Gasteiger partial charge in [-0.15, -0.1) is 12.4 Å². The summed E-state index contributed by atoms with van der Waals surface area (Å²) in [6, 6.07) is 4.55. The third-order valence-corrected chi connectivity index (χ3v) is 5.32. The highest BCUT2D eigenvalue weighted by atomic mass is 35.5. The number of nitrogens with two attached hydrogens (primary N) is 1. The number of hydrogen-bond donors (Lipinski definition) is 1. The zero-order valence-electron chi connectivity index (χ0n) is 15.5. The average Bonchev–Trinajstić information content (AvgIpc) is 3.09. The molecule has 0 radical (unpaired) electrons. The Morgan fingerprint density at radius 1 is 1.40 bits per heavy atom. The zero-order valence-corrected chi connectivity index (χ0v) is 16.4. The number of aryl methyl sites for hydroxylation is 1. The first kappa shape index (κ1) is 19.8. The highest BCUT2D eigenvalue weighted by molar-refractivity contribution is 5.88. The third kappa shape index (κ3) is 3.85. The molecular weight excluding hydrogens is 336 g/mol. The summed E-state index contributed by atoms with van der Waals surface area (Å²) in [4.78, 5) is 14.7. The molecule has 2 atom stereocenters. The van der Waals surface area contributed by atoms with Crippen LogP contribution in [-0.4, -0.2) is 29.9 Å². The van der Waals surface area contributed by atoms with Crippen LogP contribution in [0.5, 0.6) is 0 Å². The number of likely N-dealkylation sites (tertiary alicyclic amines) is 1. The summed E-state index contributed by atoms with van der Waals surface area (Å²) >= 11 is 0. The standard InChI is InChI=1S/C20H28N2O2.ClH/c1-12(2)17-8-18-16(11-24-19(18)5-13(17)3)7-20(23)22-10-15(9-21)6-14(22)4;/h5,8,11-12,14-15H,6-7,9-10,21H2,1-4H3;1H. The lowest BCUT2D eigenvalue weighted by atomic mass is 9.95. The van der Waals surface area contributed by atoms with Gasteiger partial charge >= 0.3 is 0 Å². The molecule has 3 rings (SSSR count). The number of nitrogens with zero attached hydrogens (tertiary/aromatic N) is 1. The first-order valence-electron chi connectivity index (χ1n) is 8.90. The second-order valence-corrected chi connectivity index (χ2v) is 7.53. The maximum Gasteiger partial charge on any atom is 0.227 e. The van der Waals surface area contributed by atoms with Crippen LogP contribution in [0.3, 0.4) is 0 Å². The van der Waals surface area contributed by atoms with E-state index in [1.54, 1.807) is 6.26 Å². The van der Waals surface area contributed by atoms with Crippen molar-refractivity contribution < 1.29 is 9.21 Å². The van der Waals surface area contributed by atoms with Crippen molar-refractivity contribution in [2.24, 2.45) is 11.7 Å². The highest BCUT2D eigenvalue weighted by Gasteiger charge is 2.31. The van der Waals surface area contributed by atoms with Gasteiger partial charge in [-0.3, -0.25) is 4.79 Å². The molecule has 2 unspecified atom stereocenters. The molecule has 1 aromatic carbocycles. The number of hydrogen-bond acceptors (Lipinski definition) is 3.